The van der Waals surface area contributed by atoms with Crippen molar-refractivity contribution < 1.29 is 10.3 Å². The highest BCUT2D eigenvalue weighted by Crippen LogP contribution is 2.16. The van der Waals surface area contributed by atoms with E-state index in [1.165, 1.54) is 0 Å². The van der Waals surface area contributed by atoms with Gasteiger partial charge in [-0.25, -0.2) is 0 Å². The van der Waals surface area contributed by atoms with Gasteiger partial charge in [0.1, 0.15) is 0 Å². The molecular formula is C8H18N2O2. The number of hydrogen-bond acceptors (Lipinski definition) is 2. The van der Waals surface area contributed by atoms with E-state index in [9.17, 15) is 4.79 Å². The average molecular weight is 174 g/mol. The normalized spacial score (nSPS) is 24.9. The van der Waals surface area contributed by atoms with Crippen LogP contribution in [-0.4, -0.2) is 34.9 Å². The molecule has 0 aromatic rings. The summed E-state index contributed by atoms with van der Waals surface area (Å²) in [4.78, 5) is 13.2. The van der Waals surface area contributed by atoms with Crippen LogP contribution in [0.5, 0.6) is 0 Å². The van der Waals surface area contributed by atoms with Gasteiger partial charge >= 0.3 is 0 Å². The van der Waals surface area contributed by atoms with Crippen molar-refractivity contribution in [3.63, 3.8) is 0 Å². The predicted octanol–water partition coefficient (Wildman–Crippen LogP) is -0.480. The van der Waals surface area contributed by atoms with Gasteiger partial charge in [-0.05, 0) is 26.7 Å². The van der Waals surface area contributed by atoms with Gasteiger partial charge < -0.3 is 16.1 Å². The van der Waals surface area contributed by atoms with Crippen LogP contribution in [0.2, 0.25) is 0 Å². The van der Waals surface area contributed by atoms with Crippen molar-refractivity contribution in [1.29, 1.82) is 0 Å². The van der Waals surface area contributed by atoms with Crippen molar-refractivity contribution in [3.8, 4) is 0 Å². The Balaban J connectivity index is 0.00000121. The highest BCUT2D eigenvalue weighted by atomic mass is 16.2. The Kier molecular flexibility index (Phi) is 4.20. The molecule has 0 aliphatic carbocycles. The summed E-state index contributed by atoms with van der Waals surface area (Å²) in [6.45, 7) is 4.71. The van der Waals surface area contributed by atoms with Crippen LogP contribution in [0.1, 0.15) is 26.7 Å². The number of nitrogens with zero attached hydrogens (tertiary/aromatic N) is 1. The molecule has 0 radical (unpaired) electrons. The Labute approximate surface area is 73.0 Å². The molecule has 4 heteroatoms. The van der Waals surface area contributed by atoms with Crippen LogP contribution in [0, 0.1) is 0 Å². The van der Waals surface area contributed by atoms with Gasteiger partial charge in [0.15, 0.2) is 0 Å². The number of rotatable bonds is 1. The van der Waals surface area contributed by atoms with Gasteiger partial charge in [0.25, 0.3) is 0 Å². The number of carbonyl (C=O) groups excluding carboxylic acids is 1. The van der Waals surface area contributed by atoms with Crippen molar-refractivity contribution in [1.82, 2.24) is 4.90 Å². The number of carbonyl (C=O) groups is 1. The number of hydrogen-bond donors (Lipinski definition) is 1. The standard InChI is InChI=1S/C8H16N2O.H2O/c1-6-4-3-5-10(6)8(11)7(2)9;/h6-7H,3-5,9H2,1-2H3;1H2/t6-,7+;/m1./s1. The number of nitrogens with two attached hydrogens (primary N) is 1. The van der Waals surface area contributed by atoms with E-state index in [4.69, 9.17) is 5.73 Å². The smallest absolute Gasteiger partial charge is 0.239 e. The molecular weight excluding hydrogens is 156 g/mol. The summed E-state index contributed by atoms with van der Waals surface area (Å²) in [5.41, 5.74) is 5.49. The SMILES string of the molecule is C[C@H](N)C(=O)N1CCC[C@H]1C.O. The van der Waals surface area contributed by atoms with Crippen molar-refractivity contribution in [2.45, 2.75) is 38.8 Å². The lowest BCUT2D eigenvalue weighted by Crippen LogP contribution is -2.43. The molecule has 0 saturated carbocycles. The third-order valence-electron chi connectivity index (χ3n) is 2.23. The maximum Gasteiger partial charge on any atom is 0.239 e. The molecule has 4 N–H and O–H groups in total. The fourth-order valence-electron chi connectivity index (χ4n) is 1.52. The molecule has 0 aromatic heterocycles. The Bertz CT molecular complexity index is 159. The summed E-state index contributed by atoms with van der Waals surface area (Å²) < 4.78 is 0. The minimum absolute atomic E-state index is 0. The van der Waals surface area contributed by atoms with Gasteiger partial charge in [-0.2, -0.15) is 0 Å². The summed E-state index contributed by atoms with van der Waals surface area (Å²) in [7, 11) is 0. The van der Waals surface area contributed by atoms with E-state index in [0.29, 0.717) is 6.04 Å². The molecule has 4 nitrogen and oxygen atoms in total. The maximum absolute atomic E-state index is 11.4. The molecule has 1 fully saturated rings. The minimum Gasteiger partial charge on any atom is -0.412 e. The fourth-order valence-corrected chi connectivity index (χ4v) is 1.52. The fraction of sp³-hybridized carbons (Fsp3) is 0.875. The second-order valence-corrected chi connectivity index (χ2v) is 3.31. The van der Waals surface area contributed by atoms with Crippen LogP contribution in [0.4, 0.5) is 0 Å². The number of likely N-dealkylation sites (tertiary alicyclic amines) is 1. The first-order valence-electron chi connectivity index (χ1n) is 4.19. The summed E-state index contributed by atoms with van der Waals surface area (Å²) in [6.07, 6.45) is 2.25. The van der Waals surface area contributed by atoms with Gasteiger partial charge in [0.05, 0.1) is 6.04 Å². The van der Waals surface area contributed by atoms with Crippen LogP contribution in [0.25, 0.3) is 0 Å². The summed E-state index contributed by atoms with van der Waals surface area (Å²) in [6, 6.07) is 0.0593. The zero-order chi connectivity index (χ0) is 8.43. The largest absolute Gasteiger partial charge is 0.412 e. The van der Waals surface area contributed by atoms with Crippen LogP contribution < -0.4 is 5.73 Å². The van der Waals surface area contributed by atoms with Crippen LogP contribution in [0.15, 0.2) is 0 Å². The molecule has 1 amide bonds. The van der Waals surface area contributed by atoms with Crippen molar-refractivity contribution in [2.75, 3.05) is 6.54 Å². The lowest BCUT2D eigenvalue weighted by Gasteiger charge is -2.23. The molecule has 0 bridgehead atoms. The van der Waals surface area contributed by atoms with E-state index >= 15 is 0 Å². The average Bonchev–Trinajstić information content (AvgIpc) is 2.33. The quantitative estimate of drug-likeness (QED) is 0.582. The first-order chi connectivity index (χ1) is 5.13. The second-order valence-electron chi connectivity index (χ2n) is 3.31. The van der Waals surface area contributed by atoms with Crippen molar-refractivity contribution in [3.05, 3.63) is 0 Å². The topological polar surface area (TPSA) is 77.8 Å². The Hall–Kier alpha value is -0.610. The molecule has 1 aliphatic heterocycles. The van der Waals surface area contributed by atoms with E-state index < -0.39 is 0 Å². The third-order valence-corrected chi connectivity index (χ3v) is 2.23. The van der Waals surface area contributed by atoms with Gasteiger partial charge in [-0.1, -0.05) is 0 Å². The Morgan fingerprint density at radius 2 is 2.25 bits per heavy atom. The maximum atomic E-state index is 11.4. The third kappa shape index (κ3) is 2.19. The van der Waals surface area contributed by atoms with Gasteiger partial charge in [0.2, 0.25) is 5.91 Å². The molecule has 0 unspecified atom stereocenters. The van der Waals surface area contributed by atoms with E-state index in [1.807, 2.05) is 4.90 Å². The summed E-state index contributed by atoms with van der Waals surface area (Å²) in [5, 5.41) is 0. The zero-order valence-electron chi connectivity index (χ0n) is 7.71. The Morgan fingerprint density at radius 3 is 2.58 bits per heavy atom. The minimum atomic E-state index is -0.337. The van der Waals surface area contributed by atoms with E-state index in [-0.39, 0.29) is 17.4 Å². The van der Waals surface area contributed by atoms with E-state index in [2.05, 4.69) is 6.92 Å². The molecule has 2 atom stereocenters. The predicted molar refractivity (Wildman–Crippen MR) is 47.7 cm³/mol. The van der Waals surface area contributed by atoms with Crippen LogP contribution >= 0.6 is 0 Å². The summed E-state index contributed by atoms with van der Waals surface area (Å²) in [5.74, 6) is 0.0926. The van der Waals surface area contributed by atoms with E-state index in [1.54, 1.807) is 6.92 Å². The molecule has 0 aromatic carbocycles. The highest BCUT2D eigenvalue weighted by molar-refractivity contribution is 5.81. The zero-order valence-corrected chi connectivity index (χ0v) is 7.71. The molecule has 0 spiro atoms. The monoisotopic (exact) mass is 174 g/mol. The highest BCUT2D eigenvalue weighted by Gasteiger charge is 2.26. The van der Waals surface area contributed by atoms with Crippen LogP contribution in [-0.2, 0) is 4.79 Å². The summed E-state index contributed by atoms with van der Waals surface area (Å²) >= 11 is 0. The molecule has 1 aliphatic rings. The second kappa shape index (κ2) is 4.42. The van der Waals surface area contributed by atoms with Gasteiger partial charge in [-0.15, -0.1) is 0 Å². The molecule has 1 heterocycles. The molecule has 72 valence electrons. The first-order valence-corrected chi connectivity index (χ1v) is 4.19. The molecule has 1 saturated heterocycles. The van der Waals surface area contributed by atoms with Crippen molar-refractivity contribution >= 4 is 5.91 Å². The van der Waals surface area contributed by atoms with Crippen molar-refractivity contribution in [2.24, 2.45) is 5.73 Å². The lowest BCUT2D eigenvalue weighted by molar-refractivity contribution is -0.132. The van der Waals surface area contributed by atoms with Gasteiger partial charge in [0, 0.05) is 12.6 Å². The van der Waals surface area contributed by atoms with Crippen LogP contribution in [0.3, 0.4) is 0 Å². The molecule has 12 heavy (non-hydrogen) atoms. The van der Waals surface area contributed by atoms with E-state index in [0.717, 1.165) is 19.4 Å². The lowest BCUT2D eigenvalue weighted by atomic mass is 10.2. The Morgan fingerprint density at radius 1 is 1.67 bits per heavy atom. The molecule has 1 rings (SSSR count). The number of amides is 1. The van der Waals surface area contributed by atoms with Gasteiger partial charge in [-0.3, -0.25) is 4.79 Å². The first kappa shape index (κ1) is 11.4.